The minimum absolute atomic E-state index is 0.131. The van der Waals surface area contributed by atoms with Crippen LogP contribution in [0.25, 0.3) is 0 Å². The summed E-state index contributed by atoms with van der Waals surface area (Å²) in [6.45, 7) is 4.87. The lowest BCUT2D eigenvalue weighted by Gasteiger charge is -2.26. The summed E-state index contributed by atoms with van der Waals surface area (Å²) in [5.74, 6) is -3.99. The predicted molar refractivity (Wildman–Crippen MR) is 70.6 cm³/mol. The van der Waals surface area contributed by atoms with E-state index in [0.717, 1.165) is 6.07 Å². The lowest BCUT2D eigenvalue weighted by atomic mass is 9.80. The largest absolute Gasteiger partial charge is 0.481 e. The second-order valence-corrected chi connectivity index (χ2v) is 5.69. The summed E-state index contributed by atoms with van der Waals surface area (Å²) < 4.78 is 13.5. The molecule has 1 aromatic carbocycles. The number of hydrogen-bond acceptors (Lipinski definition) is 2. The Morgan fingerprint density at radius 1 is 1.37 bits per heavy atom. The molecule has 0 aliphatic heterocycles. The molecule has 0 heterocycles. The molecule has 0 aliphatic rings. The fourth-order valence-corrected chi connectivity index (χ4v) is 1.85. The van der Waals surface area contributed by atoms with E-state index in [9.17, 15) is 14.0 Å². The Bertz CT molecular complexity index is 511. The highest BCUT2D eigenvalue weighted by Crippen LogP contribution is 2.28. The topological polar surface area (TPSA) is 66.4 Å². The normalized spacial score (nSPS) is 12.9. The number of anilines is 1. The Kier molecular flexibility index (Phi) is 4.52. The van der Waals surface area contributed by atoms with E-state index in [1.807, 2.05) is 0 Å². The fourth-order valence-electron chi connectivity index (χ4n) is 1.67. The molecule has 1 aromatic rings. The van der Waals surface area contributed by atoms with E-state index in [-0.39, 0.29) is 10.7 Å². The van der Waals surface area contributed by atoms with E-state index in [1.165, 1.54) is 12.1 Å². The molecule has 0 saturated carbocycles. The molecule has 0 aliphatic carbocycles. The van der Waals surface area contributed by atoms with Gasteiger partial charge in [-0.2, -0.15) is 0 Å². The van der Waals surface area contributed by atoms with Crippen LogP contribution in [0.2, 0.25) is 5.02 Å². The second-order valence-electron chi connectivity index (χ2n) is 5.25. The maximum absolute atomic E-state index is 13.5. The predicted octanol–water partition coefficient (Wildman–Crippen LogP) is 3.16. The van der Waals surface area contributed by atoms with Crippen molar-refractivity contribution < 1.29 is 19.1 Å². The lowest BCUT2D eigenvalue weighted by Crippen LogP contribution is -2.39. The first kappa shape index (κ1) is 15.4. The van der Waals surface area contributed by atoms with Gasteiger partial charge in [-0.1, -0.05) is 32.4 Å². The molecule has 1 rings (SSSR count). The van der Waals surface area contributed by atoms with Crippen LogP contribution >= 0.6 is 11.6 Å². The van der Waals surface area contributed by atoms with Crippen molar-refractivity contribution >= 4 is 29.2 Å². The van der Waals surface area contributed by atoms with Gasteiger partial charge in [0.1, 0.15) is 11.7 Å². The molecule has 0 radical (unpaired) electrons. The van der Waals surface area contributed by atoms with Crippen LogP contribution in [0.3, 0.4) is 0 Å². The number of rotatable bonds is 3. The number of hydrogen-bond donors (Lipinski definition) is 2. The Labute approximate surface area is 115 Å². The first-order valence-electron chi connectivity index (χ1n) is 5.61. The molecule has 19 heavy (non-hydrogen) atoms. The monoisotopic (exact) mass is 287 g/mol. The molecule has 0 fully saturated rings. The van der Waals surface area contributed by atoms with Gasteiger partial charge in [-0.05, 0) is 23.6 Å². The molecular formula is C13H15ClFNO3. The highest BCUT2D eigenvalue weighted by atomic mass is 35.5. The van der Waals surface area contributed by atoms with Crippen LogP contribution in [0.1, 0.15) is 20.8 Å². The third-order valence-corrected chi connectivity index (χ3v) is 2.80. The first-order valence-corrected chi connectivity index (χ1v) is 5.99. The number of amides is 1. The Hall–Kier alpha value is -1.62. The SMILES string of the molecule is CC(C)(C)C(C(=O)O)C(=O)Nc1cc(Cl)ccc1F. The molecule has 0 saturated heterocycles. The van der Waals surface area contributed by atoms with Crippen LogP contribution in [0.15, 0.2) is 18.2 Å². The minimum atomic E-state index is -1.29. The van der Waals surface area contributed by atoms with E-state index in [4.69, 9.17) is 16.7 Å². The van der Waals surface area contributed by atoms with Crippen LogP contribution in [-0.2, 0) is 9.59 Å². The molecule has 1 unspecified atom stereocenters. The number of carboxylic acids is 1. The molecule has 0 bridgehead atoms. The van der Waals surface area contributed by atoms with Crippen LogP contribution in [0.4, 0.5) is 10.1 Å². The molecule has 104 valence electrons. The first-order chi connectivity index (χ1) is 8.62. The van der Waals surface area contributed by atoms with Crippen LogP contribution in [-0.4, -0.2) is 17.0 Å². The van der Waals surface area contributed by atoms with Gasteiger partial charge in [-0.25, -0.2) is 4.39 Å². The maximum Gasteiger partial charge on any atom is 0.316 e. The molecule has 0 spiro atoms. The summed E-state index contributed by atoms with van der Waals surface area (Å²) >= 11 is 5.70. The maximum atomic E-state index is 13.5. The van der Waals surface area contributed by atoms with E-state index in [2.05, 4.69) is 5.32 Å². The van der Waals surface area contributed by atoms with Crippen molar-refractivity contribution in [1.82, 2.24) is 0 Å². The Morgan fingerprint density at radius 3 is 2.42 bits per heavy atom. The van der Waals surface area contributed by atoms with Crippen molar-refractivity contribution in [2.75, 3.05) is 5.32 Å². The lowest BCUT2D eigenvalue weighted by molar-refractivity contribution is -0.149. The van der Waals surface area contributed by atoms with Crippen molar-refractivity contribution in [2.45, 2.75) is 20.8 Å². The van der Waals surface area contributed by atoms with Gasteiger partial charge in [0, 0.05) is 5.02 Å². The van der Waals surface area contributed by atoms with Gasteiger partial charge in [0.05, 0.1) is 5.69 Å². The van der Waals surface area contributed by atoms with Crippen molar-refractivity contribution in [1.29, 1.82) is 0 Å². The third kappa shape index (κ3) is 3.92. The quantitative estimate of drug-likeness (QED) is 0.839. The number of nitrogens with one attached hydrogen (secondary N) is 1. The molecular weight excluding hydrogens is 273 g/mol. The number of carbonyl (C=O) groups is 2. The number of benzene rings is 1. The molecule has 0 aromatic heterocycles. The van der Waals surface area contributed by atoms with Crippen LogP contribution in [0, 0.1) is 17.2 Å². The average molecular weight is 288 g/mol. The van der Waals surface area contributed by atoms with Crippen LogP contribution < -0.4 is 5.32 Å². The van der Waals surface area contributed by atoms with Crippen molar-refractivity contribution in [3.63, 3.8) is 0 Å². The number of aliphatic carboxylic acids is 1. The summed E-state index contributed by atoms with van der Waals surface area (Å²) in [6, 6.07) is 3.67. The summed E-state index contributed by atoms with van der Waals surface area (Å²) in [7, 11) is 0. The number of halogens is 2. The summed E-state index contributed by atoms with van der Waals surface area (Å²) in [6.07, 6.45) is 0. The molecule has 4 nitrogen and oxygen atoms in total. The van der Waals surface area contributed by atoms with Gasteiger partial charge < -0.3 is 10.4 Å². The van der Waals surface area contributed by atoms with Gasteiger partial charge in [-0.3, -0.25) is 9.59 Å². The summed E-state index contributed by atoms with van der Waals surface area (Å²) in [4.78, 5) is 23.1. The van der Waals surface area contributed by atoms with Gasteiger partial charge in [0.2, 0.25) is 5.91 Å². The average Bonchev–Trinajstić information content (AvgIpc) is 2.20. The van der Waals surface area contributed by atoms with Gasteiger partial charge in [0.25, 0.3) is 0 Å². The van der Waals surface area contributed by atoms with Crippen LogP contribution in [0.5, 0.6) is 0 Å². The highest BCUT2D eigenvalue weighted by molar-refractivity contribution is 6.30. The summed E-state index contributed by atoms with van der Waals surface area (Å²) in [5.41, 5.74) is -0.918. The van der Waals surface area contributed by atoms with Gasteiger partial charge in [-0.15, -0.1) is 0 Å². The minimum Gasteiger partial charge on any atom is -0.481 e. The Balaban J connectivity index is 3.01. The molecule has 1 atom stereocenters. The molecule has 2 N–H and O–H groups in total. The zero-order valence-electron chi connectivity index (χ0n) is 10.8. The van der Waals surface area contributed by atoms with E-state index >= 15 is 0 Å². The van der Waals surface area contributed by atoms with Gasteiger partial charge in [0.15, 0.2) is 0 Å². The Morgan fingerprint density at radius 2 is 1.95 bits per heavy atom. The van der Waals surface area contributed by atoms with E-state index < -0.39 is 29.0 Å². The smallest absolute Gasteiger partial charge is 0.316 e. The number of carboxylic acid groups (broad SMARTS) is 1. The highest BCUT2D eigenvalue weighted by Gasteiger charge is 2.37. The summed E-state index contributed by atoms with van der Waals surface area (Å²) in [5, 5.41) is 11.6. The number of carbonyl (C=O) groups excluding carboxylic acids is 1. The third-order valence-electron chi connectivity index (χ3n) is 2.56. The molecule has 6 heteroatoms. The molecule has 1 amide bonds. The van der Waals surface area contributed by atoms with Gasteiger partial charge >= 0.3 is 5.97 Å². The van der Waals surface area contributed by atoms with Crippen molar-refractivity contribution in [2.24, 2.45) is 11.3 Å². The van der Waals surface area contributed by atoms with Crippen molar-refractivity contribution in [3.8, 4) is 0 Å². The fraction of sp³-hybridized carbons (Fsp3) is 0.385. The second kappa shape index (κ2) is 5.57. The van der Waals surface area contributed by atoms with E-state index in [0.29, 0.717) is 0 Å². The standard InChI is InChI=1S/C13H15ClFNO3/c1-13(2,3)10(12(18)19)11(17)16-9-6-7(14)4-5-8(9)15/h4-6,10H,1-3H3,(H,16,17)(H,18,19). The van der Waals surface area contributed by atoms with Crippen molar-refractivity contribution in [3.05, 3.63) is 29.0 Å². The van der Waals surface area contributed by atoms with E-state index in [1.54, 1.807) is 20.8 Å². The zero-order valence-corrected chi connectivity index (χ0v) is 11.6. The zero-order chi connectivity index (χ0) is 14.8.